The minimum atomic E-state index is -0.306. The van der Waals surface area contributed by atoms with Gasteiger partial charge in [0.25, 0.3) is 0 Å². The van der Waals surface area contributed by atoms with E-state index >= 15 is 0 Å². The summed E-state index contributed by atoms with van der Waals surface area (Å²) in [5.41, 5.74) is 5.95. The van der Waals surface area contributed by atoms with Gasteiger partial charge < -0.3 is 9.47 Å². The van der Waals surface area contributed by atoms with E-state index in [2.05, 4.69) is 52.6 Å². The molecular weight excluding hydrogens is 667 g/mol. The van der Waals surface area contributed by atoms with E-state index in [1.807, 2.05) is 36.4 Å². The number of nitrogens with zero attached hydrogens (tertiary/aromatic N) is 1. The number of esters is 2. The number of ether oxygens (including phenoxy) is 2. The normalized spacial score (nSPS) is 29.6. The number of benzene rings is 2. The Kier molecular flexibility index (Phi) is 13.6. The average Bonchev–Trinajstić information content (AvgIpc) is 3.51. The van der Waals surface area contributed by atoms with Crippen molar-refractivity contribution in [1.82, 2.24) is 0 Å². The molecule has 2 aromatic carbocycles. The predicted molar refractivity (Wildman–Crippen MR) is 221 cm³/mol. The highest BCUT2D eigenvalue weighted by molar-refractivity contribution is 5.91. The van der Waals surface area contributed by atoms with Crippen LogP contribution in [0.3, 0.4) is 0 Å². The van der Waals surface area contributed by atoms with Crippen LogP contribution in [-0.2, 0) is 14.3 Å². The maximum Gasteiger partial charge on any atom is 0.338 e. The summed E-state index contributed by atoms with van der Waals surface area (Å²) in [5.74, 6) is 4.70. The lowest BCUT2D eigenvalue weighted by atomic mass is 9.47. The van der Waals surface area contributed by atoms with E-state index in [4.69, 9.17) is 9.47 Å². The first-order valence-corrected chi connectivity index (χ1v) is 21.7. The van der Waals surface area contributed by atoms with Crippen LogP contribution in [-0.4, -0.2) is 30.9 Å². The second kappa shape index (κ2) is 18.2. The second-order valence-electron chi connectivity index (χ2n) is 18.7. The topological polar surface area (TPSA) is 65.0 Å². The molecule has 8 atom stereocenters. The van der Waals surface area contributed by atoms with Gasteiger partial charge in [0.2, 0.25) is 0 Å². The van der Waals surface area contributed by atoms with Crippen molar-refractivity contribution in [3.63, 3.8) is 0 Å². The first kappa shape index (κ1) is 40.5. The number of carbonyl (C=O) groups excluding carboxylic acids is 2. The number of aliphatic imine (C=N–C) groups is 1. The maximum absolute atomic E-state index is 12.9. The molecule has 0 unspecified atom stereocenters. The lowest BCUT2D eigenvalue weighted by Crippen LogP contribution is -2.51. The zero-order chi connectivity index (χ0) is 38.3. The van der Waals surface area contributed by atoms with E-state index < -0.39 is 0 Å². The number of hydrogen-bond donors (Lipinski definition) is 0. The number of aryl methyl sites for hydroxylation is 1. The van der Waals surface area contributed by atoms with Gasteiger partial charge in [0.15, 0.2) is 0 Å². The lowest BCUT2D eigenvalue weighted by Gasteiger charge is -2.58. The molecule has 5 heteroatoms. The van der Waals surface area contributed by atoms with Crippen LogP contribution in [0, 0.1) is 53.3 Å². The highest BCUT2D eigenvalue weighted by atomic mass is 16.5. The van der Waals surface area contributed by atoms with Crippen molar-refractivity contribution in [2.75, 3.05) is 6.61 Å². The third-order valence-electron chi connectivity index (χ3n) is 14.6. The molecule has 0 amide bonds. The van der Waals surface area contributed by atoms with Crippen molar-refractivity contribution in [3.8, 4) is 0 Å². The van der Waals surface area contributed by atoms with Crippen molar-refractivity contribution < 1.29 is 19.1 Å². The molecule has 4 aliphatic carbocycles. The van der Waals surface area contributed by atoms with Crippen molar-refractivity contribution >= 4 is 23.8 Å². The first-order valence-electron chi connectivity index (χ1n) is 21.7. The van der Waals surface area contributed by atoms with Crippen LogP contribution < -0.4 is 0 Å². The molecule has 54 heavy (non-hydrogen) atoms. The van der Waals surface area contributed by atoms with Crippen LogP contribution in [0.1, 0.15) is 159 Å². The van der Waals surface area contributed by atoms with Crippen molar-refractivity contribution in [3.05, 3.63) is 76.9 Å². The third-order valence-corrected chi connectivity index (χ3v) is 14.6. The minimum absolute atomic E-state index is 0.0266. The van der Waals surface area contributed by atoms with Gasteiger partial charge in [-0.25, -0.2) is 4.79 Å². The van der Waals surface area contributed by atoms with E-state index in [-0.39, 0.29) is 23.5 Å². The molecule has 0 aliphatic heterocycles. The molecule has 0 N–H and O–H groups in total. The van der Waals surface area contributed by atoms with E-state index in [1.54, 1.807) is 23.9 Å². The standard InChI is InChI=1S/C49H69NO4/c1-34(2)12-11-13-36(4)43-25-26-44-42-24-21-39-32-41(27-29-48(39,5)45(42)28-30-49(43,44)6)54-46(51)14-9-7-8-10-31-53-47(52)38-19-17-37(18-20-38)33-50-40-22-15-35(3)16-23-40/h15-23,33-34,36,41-45H,7-14,24-32H2,1-6H3/t36-,41+,42+,43-,44+,45+,48+,49-/m1/s1. The fourth-order valence-corrected chi connectivity index (χ4v) is 11.5. The average molecular weight is 736 g/mol. The Morgan fingerprint density at radius 3 is 2.37 bits per heavy atom. The van der Waals surface area contributed by atoms with Gasteiger partial charge in [0.05, 0.1) is 17.9 Å². The fraction of sp³-hybridized carbons (Fsp3) is 0.653. The van der Waals surface area contributed by atoms with Gasteiger partial charge in [-0.2, -0.15) is 0 Å². The quantitative estimate of drug-likeness (QED) is 0.0745. The molecule has 3 fully saturated rings. The lowest BCUT2D eigenvalue weighted by molar-refractivity contribution is -0.151. The number of fused-ring (bicyclic) bond motifs is 5. The summed E-state index contributed by atoms with van der Waals surface area (Å²) in [6.45, 7) is 15.0. The summed E-state index contributed by atoms with van der Waals surface area (Å²) < 4.78 is 11.6. The van der Waals surface area contributed by atoms with Crippen molar-refractivity contribution in [1.29, 1.82) is 0 Å². The largest absolute Gasteiger partial charge is 0.462 e. The molecule has 6 rings (SSSR count). The zero-order valence-electron chi connectivity index (χ0n) is 34.4. The molecule has 0 saturated heterocycles. The Morgan fingerprint density at radius 2 is 1.61 bits per heavy atom. The van der Waals surface area contributed by atoms with Crippen molar-refractivity contribution in [2.24, 2.45) is 51.3 Å². The summed E-state index contributed by atoms with van der Waals surface area (Å²) in [7, 11) is 0. The van der Waals surface area contributed by atoms with Crippen LogP contribution in [0.4, 0.5) is 5.69 Å². The van der Waals surface area contributed by atoms with Gasteiger partial charge in [0.1, 0.15) is 6.10 Å². The second-order valence-corrected chi connectivity index (χ2v) is 18.7. The van der Waals surface area contributed by atoms with Crippen LogP contribution in [0.2, 0.25) is 0 Å². The highest BCUT2D eigenvalue weighted by Gasteiger charge is 2.59. The Bertz CT molecular complexity index is 1610. The van der Waals surface area contributed by atoms with Gasteiger partial charge >= 0.3 is 11.9 Å². The monoisotopic (exact) mass is 736 g/mol. The number of allylic oxidation sites excluding steroid dienone is 1. The van der Waals surface area contributed by atoms with Gasteiger partial charge in [-0.05, 0) is 141 Å². The maximum atomic E-state index is 12.9. The number of unbranched alkanes of at least 4 members (excludes halogenated alkanes) is 3. The van der Waals surface area contributed by atoms with Gasteiger partial charge in [0, 0.05) is 19.1 Å². The van der Waals surface area contributed by atoms with Gasteiger partial charge in [-0.1, -0.05) is 108 Å². The van der Waals surface area contributed by atoms with E-state index in [9.17, 15) is 9.59 Å². The number of carbonyl (C=O) groups is 2. The highest BCUT2D eigenvalue weighted by Crippen LogP contribution is 2.67. The summed E-state index contributed by atoms with van der Waals surface area (Å²) >= 11 is 0. The first-order chi connectivity index (χ1) is 26.0. The summed E-state index contributed by atoms with van der Waals surface area (Å²) in [6.07, 6.45) is 22.5. The Morgan fingerprint density at radius 1 is 0.852 bits per heavy atom. The number of hydrogen-bond acceptors (Lipinski definition) is 5. The summed E-state index contributed by atoms with van der Waals surface area (Å²) in [6, 6.07) is 15.4. The van der Waals surface area contributed by atoms with Crippen LogP contribution in [0.25, 0.3) is 0 Å². The Balaban J connectivity index is 0.870. The molecule has 4 aliphatic rings. The van der Waals surface area contributed by atoms with Crippen molar-refractivity contribution in [2.45, 2.75) is 150 Å². The third kappa shape index (κ3) is 9.59. The molecule has 0 heterocycles. The smallest absolute Gasteiger partial charge is 0.338 e. The fourth-order valence-electron chi connectivity index (χ4n) is 11.5. The SMILES string of the molecule is Cc1ccc(N=Cc2ccc(C(=O)OCCCCCCC(=O)O[C@H]3CC[C@@]4(C)C(=CC[C@H]5[C@@H]6CC[C@H]([C@H](C)CCCC(C)C)[C@@]6(C)CC[C@@H]54)C3)cc2)cc1. The molecule has 0 spiro atoms. The van der Waals surface area contributed by atoms with Gasteiger partial charge in [-0.15, -0.1) is 0 Å². The molecule has 0 radical (unpaired) electrons. The zero-order valence-corrected chi connectivity index (χ0v) is 34.4. The molecule has 0 bridgehead atoms. The van der Waals surface area contributed by atoms with E-state index in [1.165, 1.54) is 56.9 Å². The number of rotatable bonds is 16. The summed E-state index contributed by atoms with van der Waals surface area (Å²) in [4.78, 5) is 29.9. The minimum Gasteiger partial charge on any atom is -0.462 e. The molecule has 294 valence electrons. The Labute approximate surface area is 327 Å². The van der Waals surface area contributed by atoms with Crippen LogP contribution >= 0.6 is 0 Å². The Hall–Kier alpha value is -3.21. The summed E-state index contributed by atoms with van der Waals surface area (Å²) in [5, 5.41) is 0. The molecule has 2 aromatic rings. The molecule has 3 saturated carbocycles. The van der Waals surface area contributed by atoms with E-state index in [0.717, 1.165) is 91.7 Å². The molecule has 5 nitrogen and oxygen atoms in total. The van der Waals surface area contributed by atoms with E-state index in [0.29, 0.717) is 24.0 Å². The molecular formula is C49H69NO4. The van der Waals surface area contributed by atoms with Crippen LogP contribution in [0.15, 0.2) is 65.2 Å². The van der Waals surface area contributed by atoms with Crippen LogP contribution in [0.5, 0.6) is 0 Å². The van der Waals surface area contributed by atoms with Gasteiger partial charge in [-0.3, -0.25) is 9.79 Å². The molecule has 0 aromatic heterocycles. The predicted octanol–water partition coefficient (Wildman–Crippen LogP) is 12.8.